The Morgan fingerprint density at radius 3 is 1.88 bits per heavy atom. The molecule has 0 heterocycles. The number of hydrogen-bond donors (Lipinski definition) is 0. The predicted molar refractivity (Wildman–Crippen MR) is 99.2 cm³/mol. The maximum atomic E-state index is 14.1. The van der Waals surface area contributed by atoms with Crippen LogP contribution in [0.2, 0.25) is 0 Å². The third-order valence-electron chi connectivity index (χ3n) is 4.20. The summed E-state index contributed by atoms with van der Waals surface area (Å²) in [6, 6.07) is 15.4. The second kappa shape index (κ2) is 9.36. The van der Waals surface area contributed by atoms with Crippen molar-refractivity contribution in [3.63, 3.8) is 0 Å². The van der Waals surface area contributed by atoms with Crippen LogP contribution in [0.25, 0.3) is 17.0 Å². The van der Waals surface area contributed by atoms with Gasteiger partial charge in [0.2, 0.25) is 0 Å². The molecular formula is C22H26F2. The summed E-state index contributed by atoms with van der Waals surface area (Å²) in [6.07, 6.45) is 5.00. The van der Waals surface area contributed by atoms with Gasteiger partial charge in [0.05, 0.1) is 0 Å². The van der Waals surface area contributed by atoms with Crippen LogP contribution in [-0.4, -0.2) is 0 Å². The maximum Gasteiger partial charge on any atom is 0.161 e. The van der Waals surface area contributed by atoms with Crippen molar-refractivity contribution in [1.29, 1.82) is 0 Å². The van der Waals surface area contributed by atoms with Gasteiger partial charge in [0, 0.05) is 12.0 Å². The van der Waals surface area contributed by atoms with Gasteiger partial charge in [0.15, 0.2) is 5.83 Å². The summed E-state index contributed by atoms with van der Waals surface area (Å²) in [5.74, 6) is -1.36. The third-order valence-corrected chi connectivity index (χ3v) is 4.20. The molecule has 0 radical (unpaired) electrons. The molecule has 2 heteroatoms. The Morgan fingerprint density at radius 2 is 1.33 bits per heavy atom. The lowest BCUT2D eigenvalue weighted by molar-refractivity contribution is 0.541. The molecule has 0 N–H and O–H groups in total. The lowest BCUT2D eigenvalue weighted by atomic mass is 10.0. The van der Waals surface area contributed by atoms with Gasteiger partial charge >= 0.3 is 0 Å². The number of halogens is 2. The highest BCUT2D eigenvalue weighted by Gasteiger charge is 2.09. The lowest BCUT2D eigenvalue weighted by Crippen LogP contribution is -1.86. The molecule has 0 aliphatic rings. The van der Waals surface area contributed by atoms with E-state index in [9.17, 15) is 8.78 Å². The van der Waals surface area contributed by atoms with Crippen molar-refractivity contribution in [2.75, 3.05) is 0 Å². The van der Waals surface area contributed by atoms with Crippen LogP contribution in [0.15, 0.2) is 54.4 Å². The minimum absolute atomic E-state index is 0.181. The predicted octanol–water partition coefficient (Wildman–Crippen LogP) is 7.49. The first-order chi connectivity index (χ1) is 11.7. The van der Waals surface area contributed by atoms with E-state index in [0.29, 0.717) is 12.0 Å². The molecule has 128 valence electrons. The zero-order valence-corrected chi connectivity index (χ0v) is 14.6. The molecule has 0 nitrogen and oxygen atoms in total. The normalized spacial score (nSPS) is 12.2. The van der Waals surface area contributed by atoms with Crippen molar-refractivity contribution >= 4 is 5.83 Å². The Morgan fingerprint density at radius 1 is 0.750 bits per heavy atom. The van der Waals surface area contributed by atoms with Gasteiger partial charge in [-0.15, -0.1) is 0 Å². The molecule has 24 heavy (non-hydrogen) atoms. The highest BCUT2D eigenvalue weighted by atomic mass is 19.2. The molecule has 0 aliphatic carbocycles. The van der Waals surface area contributed by atoms with Gasteiger partial charge in [-0.3, -0.25) is 0 Å². The minimum atomic E-state index is -0.726. The van der Waals surface area contributed by atoms with Crippen molar-refractivity contribution in [3.05, 3.63) is 65.5 Å². The van der Waals surface area contributed by atoms with E-state index in [0.717, 1.165) is 36.8 Å². The number of allylic oxidation sites excluding steroid dienone is 1. The molecule has 0 saturated heterocycles. The molecule has 2 rings (SSSR count). The summed E-state index contributed by atoms with van der Waals surface area (Å²) >= 11 is 0. The van der Waals surface area contributed by atoms with Crippen LogP contribution >= 0.6 is 0 Å². The maximum absolute atomic E-state index is 14.1. The molecule has 0 saturated carbocycles. The van der Waals surface area contributed by atoms with E-state index in [2.05, 4.69) is 31.2 Å². The largest absolute Gasteiger partial charge is 0.209 e. The first-order valence-electron chi connectivity index (χ1n) is 8.89. The topological polar surface area (TPSA) is 0 Å². The summed E-state index contributed by atoms with van der Waals surface area (Å²) in [5.41, 5.74) is 3.74. The van der Waals surface area contributed by atoms with Gasteiger partial charge in [0.25, 0.3) is 0 Å². The van der Waals surface area contributed by atoms with E-state index < -0.39 is 11.7 Å². The molecule has 0 unspecified atom stereocenters. The molecule has 0 atom stereocenters. The summed E-state index contributed by atoms with van der Waals surface area (Å²) in [5, 5.41) is 0. The van der Waals surface area contributed by atoms with Crippen LogP contribution in [0.4, 0.5) is 8.78 Å². The Kier molecular flexibility index (Phi) is 7.17. The van der Waals surface area contributed by atoms with Gasteiger partial charge in [-0.1, -0.05) is 81.6 Å². The summed E-state index contributed by atoms with van der Waals surface area (Å²) in [6.45, 7) is 4.21. The van der Waals surface area contributed by atoms with Crippen molar-refractivity contribution < 1.29 is 8.78 Å². The fraction of sp³-hybridized carbons (Fsp3) is 0.364. The fourth-order valence-electron chi connectivity index (χ4n) is 2.76. The van der Waals surface area contributed by atoms with Crippen LogP contribution < -0.4 is 0 Å². The monoisotopic (exact) mass is 328 g/mol. The van der Waals surface area contributed by atoms with Gasteiger partial charge in [-0.2, -0.15) is 0 Å². The zero-order valence-electron chi connectivity index (χ0n) is 14.6. The van der Waals surface area contributed by atoms with Crippen LogP contribution in [0.1, 0.15) is 57.1 Å². The highest BCUT2D eigenvalue weighted by Crippen LogP contribution is 2.27. The van der Waals surface area contributed by atoms with Crippen molar-refractivity contribution in [3.8, 4) is 11.1 Å². The van der Waals surface area contributed by atoms with Gasteiger partial charge in [-0.25, -0.2) is 8.78 Å². The third kappa shape index (κ3) is 5.02. The van der Waals surface area contributed by atoms with E-state index in [1.807, 2.05) is 19.1 Å². The first kappa shape index (κ1) is 18.4. The van der Waals surface area contributed by atoms with E-state index in [4.69, 9.17) is 0 Å². The zero-order chi connectivity index (χ0) is 17.4. The second-order valence-corrected chi connectivity index (χ2v) is 6.20. The van der Waals surface area contributed by atoms with E-state index in [-0.39, 0.29) is 6.42 Å². The Balaban J connectivity index is 2.10. The van der Waals surface area contributed by atoms with Crippen LogP contribution in [0, 0.1) is 0 Å². The number of benzene rings is 2. The minimum Gasteiger partial charge on any atom is -0.209 e. The smallest absolute Gasteiger partial charge is 0.161 e. The number of rotatable bonds is 8. The SMILES string of the molecule is CCCCCC(F)=C(F)c1ccc(-c2ccc(CCC)cc2)cc1. The van der Waals surface area contributed by atoms with Crippen molar-refractivity contribution in [1.82, 2.24) is 0 Å². The Bertz CT molecular complexity index is 651. The number of hydrogen-bond acceptors (Lipinski definition) is 0. The standard InChI is InChI=1S/C22H26F2/c1-3-5-6-8-21(23)22(24)20-15-13-19(14-16-20)18-11-9-17(7-4-2)10-12-18/h9-16H,3-8H2,1-2H3. The first-order valence-corrected chi connectivity index (χ1v) is 8.89. The number of aryl methyl sites for hydroxylation is 1. The van der Waals surface area contributed by atoms with Gasteiger partial charge in [0.1, 0.15) is 5.83 Å². The molecule has 0 amide bonds. The fourth-order valence-corrected chi connectivity index (χ4v) is 2.76. The average Bonchev–Trinajstić information content (AvgIpc) is 2.62. The molecule has 0 spiro atoms. The van der Waals surface area contributed by atoms with E-state index in [1.165, 1.54) is 5.56 Å². The van der Waals surface area contributed by atoms with Crippen LogP contribution in [0.3, 0.4) is 0 Å². The molecule has 2 aromatic carbocycles. The summed E-state index contributed by atoms with van der Waals surface area (Å²) in [4.78, 5) is 0. The van der Waals surface area contributed by atoms with Crippen LogP contribution in [-0.2, 0) is 6.42 Å². The average molecular weight is 328 g/mol. The molecular weight excluding hydrogens is 302 g/mol. The number of unbranched alkanes of at least 4 members (excludes halogenated alkanes) is 2. The molecule has 2 aromatic rings. The molecule has 0 bridgehead atoms. The van der Waals surface area contributed by atoms with Gasteiger partial charge in [-0.05, 0) is 29.5 Å². The molecule has 0 aromatic heterocycles. The molecule has 0 fully saturated rings. The second-order valence-electron chi connectivity index (χ2n) is 6.20. The van der Waals surface area contributed by atoms with Crippen LogP contribution in [0.5, 0.6) is 0 Å². The lowest BCUT2D eigenvalue weighted by Gasteiger charge is -2.06. The van der Waals surface area contributed by atoms with E-state index in [1.54, 1.807) is 12.1 Å². The summed E-state index contributed by atoms with van der Waals surface area (Å²) < 4.78 is 28.0. The Labute approximate surface area is 144 Å². The Hall–Kier alpha value is -1.96. The summed E-state index contributed by atoms with van der Waals surface area (Å²) in [7, 11) is 0. The highest BCUT2D eigenvalue weighted by molar-refractivity contribution is 5.68. The molecule has 0 aliphatic heterocycles. The van der Waals surface area contributed by atoms with Crippen molar-refractivity contribution in [2.24, 2.45) is 0 Å². The van der Waals surface area contributed by atoms with E-state index >= 15 is 0 Å². The quantitative estimate of drug-likeness (QED) is 0.440. The van der Waals surface area contributed by atoms with Crippen molar-refractivity contribution in [2.45, 2.75) is 52.4 Å². The van der Waals surface area contributed by atoms with Gasteiger partial charge < -0.3 is 0 Å².